The molecule has 2 aromatic carbocycles. The summed E-state index contributed by atoms with van der Waals surface area (Å²) in [5.74, 6) is -7.20. The number of hydrogen-bond acceptors (Lipinski definition) is 13. The minimum Gasteiger partial charge on any atom is -0.460 e. The van der Waals surface area contributed by atoms with Crippen LogP contribution in [0.4, 0.5) is 4.79 Å². The van der Waals surface area contributed by atoms with Crippen molar-refractivity contribution in [1.82, 2.24) is 5.32 Å². The minimum absolute atomic E-state index is 0.0884. The summed E-state index contributed by atoms with van der Waals surface area (Å²) in [5, 5.41) is 39.4. The van der Waals surface area contributed by atoms with Crippen LogP contribution in [0.5, 0.6) is 0 Å². The number of fused-ring (bicyclic) bond motifs is 5. The zero-order valence-electron chi connectivity index (χ0n) is 33.7. The Bertz CT molecular complexity index is 1860. The van der Waals surface area contributed by atoms with Crippen molar-refractivity contribution < 1.29 is 63.0 Å². The number of Topliss-reactive ketones (excluding diaryl/α,β-unsaturated/α-hetero) is 2. The lowest BCUT2D eigenvalue weighted by Crippen LogP contribution is -2.82. The average molecular weight is 794 g/mol. The summed E-state index contributed by atoms with van der Waals surface area (Å²) in [5.41, 5.74) is -6.88. The molecule has 3 aliphatic carbocycles. The lowest BCUT2D eigenvalue weighted by molar-refractivity contribution is -0.356. The molecule has 14 heteroatoms. The Labute approximate surface area is 332 Å². The van der Waals surface area contributed by atoms with Gasteiger partial charge >= 0.3 is 18.0 Å². The summed E-state index contributed by atoms with van der Waals surface area (Å²) in [6, 6.07) is 16.0. The maximum atomic E-state index is 14.9. The molecule has 57 heavy (non-hydrogen) atoms. The quantitative estimate of drug-likeness (QED) is 0.163. The molecule has 12 atom stereocenters. The van der Waals surface area contributed by atoms with Crippen LogP contribution in [0, 0.1) is 28.6 Å². The monoisotopic (exact) mass is 793 g/mol. The van der Waals surface area contributed by atoms with Crippen LogP contribution in [-0.2, 0) is 49.5 Å². The van der Waals surface area contributed by atoms with E-state index in [1.165, 1.54) is 13.8 Å². The van der Waals surface area contributed by atoms with E-state index in [0.717, 1.165) is 0 Å². The standard InChI is InChI=1S/C43H55NO13/c1-23-27(55-37(50)33(48)31(26-17-13-10-14-18-26)44-38(51)57-39(3,4)5)20-43(52)36(53-21-25-15-11-9-12-16-25)34-41(8,35(49)32(47)30(23)40(43,6)7)28(46)19-29-42(34,22-54-29)56-24(2)45/h9-18,23,27-31,33-34,36,46,48,52H,19-22H2,1-8H3,(H,44,51)/t23?,27-,28+,29+,30?,31-,33+,34?,36-,41+,42-,43+/m0/s1. The van der Waals surface area contributed by atoms with Crippen LogP contribution >= 0.6 is 0 Å². The maximum absolute atomic E-state index is 14.9. The molecule has 0 spiro atoms. The average Bonchev–Trinajstić information content (AvgIpc) is 3.13. The second kappa shape index (κ2) is 15.2. The Morgan fingerprint density at radius 3 is 2.18 bits per heavy atom. The number of carbonyl (C=O) groups is 5. The fourth-order valence-electron chi connectivity index (χ4n) is 9.94. The van der Waals surface area contributed by atoms with E-state index < -0.39 is 112 Å². The lowest BCUT2D eigenvalue weighted by Gasteiger charge is -2.68. The zero-order chi connectivity index (χ0) is 41.9. The number of rotatable bonds is 9. The fraction of sp³-hybridized carbons (Fsp3) is 0.605. The second-order valence-corrected chi connectivity index (χ2v) is 17.9. The van der Waals surface area contributed by atoms with Gasteiger partial charge in [0, 0.05) is 42.9 Å². The number of alkyl carbamates (subject to hydrolysis) is 1. The van der Waals surface area contributed by atoms with Gasteiger partial charge < -0.3 is 44.3 Å². The molecule has 2 bridgehead atoms. The number of aliphatic hydroxyl groups is 3. The number of amides is 1. The molecule has 1 heterocycles. The van der Waals surface area contributed by atoms with Gasteiger partial charge in [-0.25, -0.2) is 9.59 Å². The molecule has 0 radical (unpaired) electrons. The van der Waals surface area contributed by atoms with E-state index in [9.17, 15) is 39.3 Å². The van der Waals surface area contributed by atoms with E-state index in [2.05, 4.69) is 5.32 Å². The first-order valence-electron chi connectivity index (χ1n) is 19.5. The van der Waals surface area contributed by atoms with E-state index in [0.29, 0.717) is 11.1 Å². The van der Waals surface area contributed by atoms with E-state index in [-0.39, 0.29) is 26.1 Å². The van der Waals surface area contributed by atoms with E-state index in [1.807, 2.05) is 30.3 Å². The van der Waals surface area contributed by atoms with Crippen molar-refractivity contribution in [2.24, 2.45) is 28.6 Å². The molecule has 0 aromatic heterocycles. The third kappa shape index (κ3) is 7.28. The summed E-state index contributed by atoms with van der Waals surface area (Å²) in [6.45, 7) is 12.3. The van der Waals surface area contributed by atoms with Crippen LogP contribution in [0.2, 0.25) is 0 Å². The molecular weight excluding hydrogens is 738 g/mol. The number of aliphatic hydroxyl groups excluding tert-OH is 2. The Morgan fingerprint density at radius 1 is 1.00 bits per heavy atom. The van der Waals surface area contributed by atoms with E-state index in [1.54, 1.807) is 71.9 Å². The van der Waals surface area contributed by atoms with Crippen LogP contribution in [0.15, 0.2) is 60.7 Å². The van der Waals surface area contributed by atoms with Crippen LogP contribution in [0.1, 0.15) is 85.4 Å². The number of hydrogen-bond donors (Lipinski definition) is 4. The topological polar surface area (TPSA) is 204 Å². The highest BCUT2D eigenvalue weighted by atomic mass is 16.6. The summed E-state index contributed by atoms with van der Waals surface area (Å²) >= 11 is 0. The van der Waals surface area contributed by atoms with Gasteiger partial charge in [0.25, 0.3) is 0 Å². The number of nitrogens with one attached hydrogen (secondary N) is 1. The van der Waals surface area contributed by atoms with Crippen molar-refractivity contribution >= 4 is 29.6 Å². The van der Waals surface area contributed by atoms with Gasteiger partial charge in [-0.2, -0.15) is 0 Å². The van der Waals surface area contributed by atoms with Gasteiger partial charge in [-0.1, -0.05) is 81.4 Å². The predicted octanol–water partition coefficient (Wildman–Crippen LogP) is 3.76. The van der Waals surface area contributed by atoms with Crippen molar-refractivity contribution in [3.63, 3.8) is 0 Å². The van der Waals surface area contributed by atoms with Crippen molar-refractivity contribution in [2.75, 3.05) is 6.61 Å². The number of carbonyl (C=O) groups excluding carboxylic acids is 5. The number of benzene rings is 2. The van der Waals surface area contributed by atoms with E-state index in [4.69, 9.17) is 23.7 Å². The first kappa shape index (κ1) is 42.4. The van der Waals surface area contributed by atoms with Crippen molar-refractivity contribution in [3.8, 4) is 0 Å². The number of ketones is 2. The summed E-state index contributed by atoms with van der Waals surface area (Å²) in [6.07, 6.45) is -8.41. The Morgan fingerprint density at radius 2 is 1.61 bits per heavy atom. The lowest BCUT2D eigenvalue weighted by atomic mass is 9.42. The van der Waals surface area contributed by atoms with Gasteiger partial charge in [0.1, 0.15) is 23.4 Å². The van der Waals surface area contributed by atoms with Gasteiger partial charge in [-0.3, -0.25) is 14.4 Å². The first-order valence-corrected chi connectivity index (χ1v) is 19.5. The smallest absolute Gasteiger partial charge is 0.408 e. The first-order chi connectivity index (χ1) is 26.6. The van der Waals surface area contributed by atoms with Crippen molar-refractivity contribution in [1.29, 1.82) is 0 Å². The molecule has 1 amide bonds. The Balaban J connectivity index is 1.44. The molecule has 14 nitrogen and oxygen atoms in total. The van der Waals surface area contributed by atoms with Crippen LogP contribution in [0.25, 0.3) is 0 Å². The molecule has 310 valence electrons. The highest BCUT2D eigenvalue weighted by Crippen LogP contribution is 2.64. The largest absolute Gasteiger partial charge is 0.460 e. The predicted molar refractivity (Wildman–Crippen MR) is 202 cm³/mol. The normalized spacial score (nSPS) is 35.5. The number of esters is 2. The molecule has 3 unspecified atom stereocenters. The zero-order valence-corrected chi connectivity index (χ0v) is 33.7. The highest BCUT2D eigenvalue weighted by molar-refractivity contribution is 6.40. The van der Waals surface area contributed by atoms with Gasteiger partial charge in [0.05, 0.1) is 36.9 Å². The third-order valence-corrected chi connectivity index (χ3v) is 12.9. The summed E-state index contributed by atoms with van der Waals surface area (Å²) in [7, 11) is 0. The molecule has 6 rings (SSSR count). The van der Waals surface area contributed by atoms with Gasteiger partial charge in [-0.05, 0) is 38.8 Å². The van der Waals surface area contributed by atoms with E-state index >= 15 is 0 Å². The highest BCUT2D eigenvalue weighted by Gasteiger charge is 2.78. The van der Waals surface area contributed by atoms with Gasteiger partial charge in [0.15, 0.2) is 11.7 Å². The minimum atomic E-state index is -2.12. The SMILES string of the molecule is CC(=O)O[C@@]12CO[C@@H]1C[C@@H](O)[C@@]1(C)C(=O)C(=O)C3C(C)[C@@H](OC(=O)[C@H](O)[C@@H](NC(=O)OC(C)(C)C)c4ccccc4)C[C@@](O)([C@@H](OCc4ccccc4)C12)C3(C)C. The maximum Gasteiger partial charge on any atom is 0.408 e. The molecule has 4 N–H and O–H groups in total. The Hall–Kier alpha value is -4.21. The Kier molecular flexibility index (Phi) is 11.3. The molecule has 4 aliphatic rings. The summed E-state index contributed by atoms with van der Waals surface area (Å²) < 4.78 is 30.1. The van der Waals surface area contributed by atoms with Crippen LogP contribution < -0.4 is 5.32 Å². The molecule has 4 fully saturated rings. The van der Waals surface area contributed by atoms with Gasteiger partial charge in [0.2, 0.25) is 11.6 Å². The van der Waals surface area contributed by atoms with Crippen LogP contribution in [0.3, 0.4) is 0 Å². The molecule has 1 aliphatic heterocycles. The molecular formula is C43H55NO13. The van der Waals surface area contributed by atoms with Crippen molar-refractivity contribution in [2.45, 2.75) is 128 Å². The molecule has 3 saturated carbocycles. The summed E-state index contributed by atoms with van der Waals surface area (Å²) in [4.78, 5) is 69.5. The number of ether oxygens (including phenoxy) is 5. The molecule has 1 saturated heterocycles. The second-order valence-electron chi connectivity index (χ2n) is 17.9. The fourth-order valence-corrected chi connectivity index (χ4v) is 9.94. The molecule has 2 aromatic rings. The van der Waals surface area contributed by atoms with Crippen molar-refractivity contribution in [3.05, 3.63) is 71.8 Å². The van der Waals surface area contributed by atoms with Crippen LogP contribution in [-0.4, -0.2) is 98.8 Å². The third-order valence-electron chi connectivity index (χ3n) is 12.9. The van der Waals surface area contributed by atoms with Gasteiger partial charge in [-0.15, -0.1) is 0 Å².